The third kappa shape index (κ3) is 5.90. The second-order valence-electron chi connectivity index (χ2n) is 5.26. The van der Waals surface area contributed by atoms with Crippen molar-refractivity contribution in [2.45, 2.75) is 46.4 Å². The van der Waals surface area contributed by atoms with Crippen LogP contribution in [0.5, 0.6) is 0 Å². The normalized spacial score (nSPS) is 11.3. The van der Waals surface area contributed by atoms with Gasteiger partial charge in [0.1, 0.15) is 0 Å². The molecule has 0 spiro atoms. The predicted molar refractivity (Wildman–Crippen MR) is 89.2 cm³/mol. The first-order chi connectivity index (χ1) is 10.1. The molecule has 1 rings (SSSR count). The van der Waals surface area contributed by atoms with Crippen LogP contribution in [0.15, 0.2) is 0 Å². The highest BCUT2D eigenvalue weighted by Crippen LogP contribution is 2.28. The van der Waals surface area contributed by atoms with Crippen LogP contribution in [-0.2, 0) is 22.6 Å². The molecule has 0 atom stereocenters. The highest BCUT2D eigenvalue weighted by molar-refractivity contribution is 7.15. The fraction of sp³-hybridized carbons (Fsp3) is 0.800. The predicted octanol–water partition coefficient (Wildman–Crippen LogP) is 2.65. The van der Waals surface area contributed by atoms with Gasteiger partial charge in [0.15, 0.2) is 5.13 Å². The van der Waals surface area contributed by atoms with E-state index in [-0.39, 0.29) is 0 Å². The summed E-state index contributed by atoms with van der Waals surface area (Å²) in [6.45, 7) is 10.6. The molecule has 5 nitrogen and oxygen atoms in total. The maximum absolute atomic E-state index is 5.28. The number of hydrogen-bond acceptors (Lipinski definition) is 6. The van der Waals surface area contributed by atoms with E-state index >= 15 is 0 Å². The Morgan fingerprint density at radius 2 is 2.05 bits per heavy atom. The zero-order chi connectivity index (χ0) is 15.7. The van der Waals surface area contributed by atoms with Crippen molar-refractivity contribution in [1.82, 2.24) is 10.3 Å². The van der Waals surface area contributed by atoms with Gasteiger partial charge >= 0.3 is 0 Å². The van der Waals surface area contributed by atoms with Gasteiger partial charge in [0.2, 0.25) is 0 Å². The quantitative estimate of drug-likeness (QED) is 0.636. The highest BCUT2D eigenvalue weighted by Gasteiger charge is 2.17. The summed E-state index contributed by atoms with van der Waals surface area (Å²) in [6, 6.07) is 0.459. The highest BCUT2D eigenvalue weighted by atomic mass is 32.1. The summed E-state index contributed by atoms with van der Waals surface area (Å²) in [5, 5.41) is 4.49. The zero-order valence-electron chi connectivity index (χ0n) is 13.9. The molecule has 0 fully saturated rings. The smallest absolute Gasteiger partial charge is 0.186 e. The number of hydrogen-bond donors (Lipinski definition) is 1. The summed E-state index contributed by atoms with van der Waals surface area (Å²) < 4.78 is 10.3. The van der Waals surface area contributed by atoms with E-state index in [0.29, 0.717) is 12.6 Å². The minimum atomic E-state index is 0.459. The molecule has 0 aliphatic carbocycles. The molecule has 1 aromatic heterocycles. The van der Waals surface area contributed by atoms with E-state index in [9.17, 15) is 0 Å². The van der Waals surface area contributed by atoms with E-state index in [2.05, 4.69) is 31.0 Å². The van der Waals surface area contributed by atoms with Crippen molar-refractivity contribution in [3.63, 3.8) is 0 Å². The topological polar surface area (TPSA) is 46.6 Å². The number of ether oxygens (including phenoxy) is 2. The summed E-state index contributed by atoms with van der Waals surface area (Å²) in [4.78, 5) is 8.41. The van der Waals surface area contributed by atoms with Crippen molar-refractivity contribution >= 4 is 16.5 Å². The molecule has 122 valence electrons. The average Bonchev–Trinajstić information content (AvgIpc) is 2.84. The first-order valence-corrected chi connectivity index (χ1v) is 8.39. The first kappa shape index (κ1) is 18.4. The number of thiazole rings is 1. The van der Waals surface area contributed by atoms with Gasteiger partial charge in [-0.25, -0.2) is 4.98 Å². The van der Waals surface area contributed by atoms with E-state index in [0.717, 1.165) is 43.5 Å². The lowest BCUT2D eigenvalue weighted by molar-refractivity contribution is 0.181. The average molecular weight is 315 g/mol. The van der Waals surface area contributed by atoms with E-state index < -0.39 is 0 Å². The number of rotatable bonds is 11. The van der Waals surface area contributed by atoms with Crippen molar-refractivity contribution in [3.05, 3.63) is 10.6 Å². The van der Waals surface area contributed by atoms with Gasteiger partial charge in [0.05, 0.1) is 18.9 Å². The van der Waals surface area contributed by atoms with Crippen LogP contribution < -0.4 is 10.2 Å². The third-order valence-electron chi connectivity index (χ3n) is 3.15. The van der Waals surface area contributed by atoms with E-state index in [1.54, 1.807) is 25.6 Å². The van der Waals surface area contributed by atoms with Crippen molar-refractivity contribution in [2.75, 3.05) is 38.8 Å². The molecule has 0 unspecified atom stereocenters. The first-order valence-electron chi connectivity index (χ1n) is 7.57. The monoisotopic (exact) mass is 315 g/mol. The van der Waals surface area contributed by atoms with Crippen molar-refractivity contribution < 1.29 is 9.47 Å². The summed E-state index contributed by atoms with van der Waals surface area (Å²) in [5.41, 5.74) is 1.05. The summed E-state index contributed by atoms with van der Waals surface area (Å²) >= 11 is 1.77. The van der Waals surface area contributed by atoms with Gasteiger partial charge in [0, 0.05) is 44.8 Å². The van der Waals surface area contributed by atoms with E-state index in [4.69, 9.17) is 14.5 Å². The van der Waals surface area contributed by atoms with Crippen LogP contribution in [0.25, 0.3) is 0 Å². The Kier molecular flexibility index (Phi) is 8.84. The van der Waals surface area contributed by atoms with Crippen molar-refractivity contribution in [3.8, 4) is 0 Å². The van der Waals surface area contributed by atoms with Crippen LogP contribution >= 0.6 is 11.3 Å². The Balaban J connectivity index is 2.80. The zero-order valence-corrected chi connectivity index (χ0v) is 14.8. The van der Waals surface area contributed by atoms with Crippen LogP contribution in [0.2, 0.25) is 0 Å². The number of nitrogens with zero attached hydrogens (tertiary/aromatic N) is 2. The fourth-order valence-corrected chi connectivity index (χ4v) is 3.26. The molecule has 21 heavy (non-hydrogen) atoms. The van der Waals surface area contributed by atoms with Gasteiger partial charge in [0.25, 0.3) is 0 Å². The second kappa shape index (κ2) is 10.1. The number of methoxy groups -OCH3 is 2. The van der Waals surface area contributed by atoms with Gasteiger partial charge in [-0.2, -0.15) is 0 Å². The fourth-order valence-electron chi connectivity index (χ4n) is 2.07. The maximum atomic E-state index is 5.28. The molecular weight excluding hydrogens is 286 g/mol. The van der Waals surface area contributed by atoms with Crippen LogP contribution in [0.4, 0.5) is 5.13 Å². The molecule has 1 N–H and O–H groups in total. The van der Waals surface area contributed by atoms with Gasteiger partial charge in [-0.05, 0) is 20.3 Å². The van der Waals surface area contributed by atoms with Crippen LogP contribution in [0.3, 0.4) is 0 Å². The molecule has 0 saturated carbocycles. The molecule has 0 aliphatic heterocycles. The molecule has 0 saturated heterocycles. The summed E-state index contributed by atoms with van der Waals surface area (Å²) in [7, 11) is 3.43. The van der Waals surface area contributed by atoms with Gasteiger partial charge in [-0.1, -0.05) is 6.92 Å². The SMILES string of the molecule is CCCN(c1nc(COC)c(CNCCOC)s1)C(C)C. The van der Waals surface area contributed by atoms with Crippen LogP contribution in [0, 0.1) is 0 Å². The summed E-state index contributed by atoms with van der Waals surface area (Å²) in [5.74, 6) is 0. The number of aromatic nitrogens is 1. The lowest BCUT2D eigenvalue weighted by Crippen LogP contribution is -2.31. The Bertz CT molecular complexity index is 396. The molecule has 0 aliphatic rings. The van der Waals surface area contributed by atoms with E-state index in [1.807, 2.05) is 0 Å². The molecule has 0 aromatic carbocycles. The number of nitrogens with one attached hydrogen (secondary N) is 1. The Morgan fingerprint density at radius 1 is 1.29 bits per heavy atom. The molecule has 0 bridgehead atoms. The third-order valence-corrected chi connectivity index (χ3v) is 4.28. The Hall–Kier alpha value is -0.690. The molecular formula is C15H29N3O2S. The van der Waals surface area contributed by atoms with Gasteiger partial charge < -0.3 is 19.7 Å². The summed E-state index contributed by atoms with van der Waals surface area (Å²) in [6.07, 6.45) is 1.12. The molecule has 0 radical (unpaired) electrons. The Labute approximate surface area is 132 Å². The van der Waals surface area contributed by atoms with Gasteiger partial charge in [-0.15, -0.1) is 11.3 Å². The van der Waals surface area contributed by atoms with E-state index in [1.165, 1.54) is 4.88 Å². The number of anilines is 1. The molecule has 6 heteroatoms. The Morgan fingerprint density at radius 3 is 2.62 bits per heavy atom. The van der Waals surface area contributed by atoms with Crippen LogP contribution in [-0.4, -0.2) is 44.9 Å². The largest absolute Gasteiger partial charge is 0.383 e. The van der Waals surface area contributed by atoms with Crippen molar-refractivity contribution in [1.29, 1.82) is 0 Å². The maximum Gasteiger partial charge on any atom is 0.186 e. The standard InChI is InChI=1S/C15H29N3O2S/c1-6-8-18(12(2)3)15-17-13(11-20-5)14(21-15)10-16-7-9-19-4/h12,16H,6-11H2,1-5H3. The van der Waals surface area contributed by atoms with Crippen molar-refractivity contribution in [2.24, 2.45) is 0 Å². The molecule has 1 aromatic rings. The van der Waals surface area contributed by atoms with Crippen LogP contribution in [0.1, 0.15) is 37.8 Å². The minimum Gasteiger partial charge on any atom is -0.383 e. The molecule has 1 heterocycles. The minimum absolute atomic E-state index is 0.459. The second-order valence-corrected chi connectivity index (χ2v) is 6.32. The lowest BCUT2D eigenvalue weighted by atomic mass is 10.3. The lowest BCUT2D eigenvalue weighted by Gasteiger charge is -2.25. The van der Waals surface area contributed by atoms with Gasteiger partial charge in [-0.3, -0.25) is 0 Å². The molecule has 0 amide bonds.